The second kappa shape index (κ2) is 5.35. The smallest absolute Gasteiger partial charge is 0.0756 e. The van der Waals surface area contributed by atoms with Gasteiger partial charge in [-0.25, -0.2) is 0 Å². The van der Waals surface area contributed by atoms with Crippen LogP contribution in [-0.2, 0) is 0 Å². The van der Waals surface area contributed by atoms with Gasteiger partial charge in [-0.05, 0) is 74.7 Å². The number of hydrogen-bond acceptors (Lipinski definition) is 3. The summed E-state index contributed by atoms with van der Waals surface area (Å²) in [7, 11) is 0. The van der Waals surface area contributed by atoms with Gasteiger partial charge >= 0.3 is 0 Å². The Morgan fingerprint density at radius 1 is 1.14 bits per heavy atom. The lowest BCUT2D eigenvalue weighted by Gasteiger charge is -2.57. The molecule has 0 saturated heterocycles. The van der Waals surface area contributed by atoms with Gasteiger partial charge in [0.05, 0.1) is 11.7 Å². The average molecular weight is 285 g/mol. The Morgan fingerprint density at radius 2 is 1.81 bits per heavy atom. The SMILES string of the molecule is CCNC(CC12CC3CC(CC(C3)C1)C2)c1cnccn1. The molecule has 1 N–H and O–H groups in total. The molecular formula is C18H27N3. The molecule has 4 bridgehead atoms. The third kappa shape index (κ3) is 2.61. The van der Waals surface area contributed by atoms with Crippen LogP contribution in [0.25, 0.3) is 0 Å². The number of aromatic nitrogens is 2. The molecule has 0 amide bonds. The van der Waals surface area contributed by atoms with Crippen LogP contribution < -0.4 is 5.32 Å². The van der Waals surface area contributed by atoms with E-state index < -0.39 is 0 Å². The number of hydrogen-bond donors (Lipinski definition) is 1. The van der Waals surface area contributed by atoms with Crippen LogP contribution in [0.1, 0.15) is 63.6 Å². The van der Waals surface area contributed by atoms with Crippen LogP contribution in [-0.4, -0.2) is 16.5 Å². The maximum absolute atomic E-state index is 4.57. The highest BCUT2D eigenvalue weighted by Crippen LogP contribution is 2.62. The van der Waals surface area contributed by atoms with Gasteiger partial charge in [0.1, 0.15) is 0 Å². The van der Waals surface area contributed by atoms with E-state index in [4.69, 9.17) is 0 Å². The Balaban J connectivity index is 1.55. The van der Waals surface area contributed by atoms with Crippen molar-refractivity contribution in [3.8, 4) is 0 Å². The molecular weight excluding hydrogens is 258 g/mol. The maximum atomic E-state index is 4.57. The van der Waals surface area contributed by atoms with Crippen molar-refractivity contribution in [3.63, 3.8) is 0 Å². The first-order valence-electron chi connectivity index (χ1n) is 8.75. The van der Waals surface area contributed by atoms with Crippen LogP contribution in [0.4, 0.5) is 0 Å². The Bertz CT molecular complexity index is 449. The first-order valence-corrected chi connectivity index (χ1v) is 8.75. The Kier molecular flexibility index (Phi) is 3.49. The minimum atomic E-state index is 0.389. The monoisotopic (exact) mass is 285 g/mol. The molecule has 0 aromatic carbocycles. The van der Waals surface area contributed by atoms with Crippen molar-refractivity contribution >= 4 is 0 Å². The summed E-state index contributed by atoms with van der Waals surface area (Å²) in [5.41, 5.74) is 1.73. The summed E-state index contributed by atoms with van der Waals surface area (Å²) in [6, 6.07) is 0.389. The molecule has 1 heterocycles. The van der Waals surface area contributed by atoms with Crippen LogP contribution in [0.2, 0.25) is 0 Å². The zero-order valence-corrected chi connectivity index (χ0v) is 13.1. The zero-order chi connectivity index (χ0) is 14.3. The number of nitrogens with zero attached hydrogens (tertiary/aromatic N) is 2. The van der Waals surface area contributed by atoms with Crippen LogP contribution in [0.3, 0.4) is 0 Å². The molecule has 4 saturated carbocycles. The van der Waals surface area contributed by atoms with Gasteiger partial charge in [-0.1, -0.05) is 6.92 Å². The van der Waals surface area contributed by atoms with Gasteiger partial charge in [-0.3, -0.25) is 9.97 Å². The second-order valence-corrected chi connectivity index (χ2v) is 7.86. The van der Waals surface area contributed by atoms with Crippen LogP contribution in [0.15, 0.2) is 18.6 Å². The second-order valence-electron chi connectivity index (χ2n) is 7.86. The van der Waals surface area contributed by atoms with Gasteiger partial charge in [0.15, 0.2) is 0 Å². The molecule has 21 heavy (non-hydrogen) atoms. The quantitative estimate of drug-likeness (QED) is 0.895. The Hall–Kier alpha value is -0.960. The summed E-state index contributed by atoms with van der Waals surface area (Å²) in [6.07, 6.45) is 15.8. The summed E-state index contributed by atoms with van der Waals surface area (Å²) in [4.78, 5) is 8.85. The van der Waals surface area contributed by atoms with Gasteiger partial charge in [0.2, 0.25) is 0 Å². The van der Waals surface area contributed by atoms with Crippen molar-refractivity contribution in [2.45, 2.75) is 57.9 Å². The summed E-state index contributed by atoms with van der Waals surface area (Å²) in [5, 5.41) is 3.67. The molecule has 3 heteroatoms. The summed E-state index contributed by atoms with van der Waals surface area (Å²) < 4.78 is 0. The number of rotatable bonds is 5. The van der Waals surface area contributed by atoms with Crippen LogP contribution >= 0.6 is 0 Å². The average Bonchev–Trinajstić information content (AvgIpc) is 2.46. The van der Waals surface area contributed by atoms with E-state index >= 15 is 0 Å². The Labute approximate surface area is 128 Å². The molecule has 4 fully saturated rings. The van der Waals surface area contributed by atoms with Gasteiger partial charge in [-0.2, -0.15) is 0 Å². The molecule has 1 atom stereocenters. The lowest BCUT2D eigenvalue weighted by Crippen LogP contribution is -2.47. The van der Waals surface area contributed by atoms with E-state index in [1.807, 2.05) is 12.4 Å². The molecule has 5 rings (SSSR count). The molecule has 0 aliphatic heterocycles. The largest absolute Gasteiger partial charge is 0.309 e. The summed E-state index contributed by atoms with van der Waals surface area (Å²) in [6.45, 7) is 3.21. The lowest BCUT2D eigenvalue weighted by molar-refractivity contribution is -0.0624. The molecule has 4 aliphatic rings. The highest BCUT2D eigenvalue weighted by molar-refractivity contribution is 5.08. The van der Waals surface area contributed by atoms with Crippen molar-refractivity contribution in [1.82, 2.24) is 15.3 Å². The van der Waals surface area contributed by atoms with E-state index in [9.17, 15) is 0 Å². The zero-order valence-electron chi connectivity index (χ0n) is 13.1. The van der Waals surface area contributed by atoms with Crippen molar-refractivity contribution in [2.75, 3.05) is 6.54 Å². The van der Waals surface area contributed by atoms with Crippen LogP contribution in [0.5, 0.6) is 0 Å². The first-order chi connectivity index (χ1) is 10.3. The molecule has 0 spiro atoms. The fourth-order valence-corrected chi connectivity index (χ4v) is 5.99. The molecule has 0 radical (unpaired) electrons. The standard InChI is InChI=1S/C18H27N3/c1-2-20-16(17-12-19-3-4-21-17)11-18-8-13-5-14(9-18)7-15(6-13)10-18/h3-4,12-16,20H,2,5-11H2,1H3. The van der Waals surface area contributed by atoms with E-state index in [1.165, 1.54) is 44.9 Å². The van der Waals surface area contributed by atoms with E-state index in [2.05, 4.69) is 22.2 Å². The summed E-state index contributed by atoms with van der Waals surface area (Å²) in [5.74, 6) is 3.08. The molecule has 1 aromatic rings. The molecule has 3 nitrogen and oxygen atoms in total. The van der Waals surface area contributed by atoms with Gasteiger partial charge in [-0.15, -0.1) is 0 Å². The van der Waals surface area contributed by atoms with Crippen molar-refractivity contribution in [1.29, 1.82) is 0 Å². The minimum Gasteiger partial charge on any atom is -0.309 e. The van der Waals surface area contributed by atoms with E-state index in [-0.39, 0.29) is 0 Å². The highest BCUT2D eigenvalue weighted by Gasteiger charge is 2.51. The maximum Gasteiger partial charge on any atom is 0.0756 e. The topological polar surface area (TPSA) is 37.8 Å². The lowest BCUT2D eigenvalue weighted by atomic mass is 9.48. The predicted octanol–water partition coefficient (Wildman–Crippen LogP) is 3.73. The molecule has 1 unspecified atom stereocenters. The van der Waals surface area contributed by atoms with E-state index in [1.54, 1.807) is 6.20 Å². The highest BCUT2D eigenvalue weighted by atomic mass is 14.9. The van der Waals surface area contributed by atoms with Gasteiger partial charge in [0.25, 0.3) is 0 Å². The fraction of sp³-hybridized carbons (Fsp3) is 0.778. The van der Waals surface area contributed by atoms with E-state index in [0.717, 1.165) is 30.0 Å². The normalized spacial score (nSPS) is 38.6. The van der Waals surface area contributed by atoms with E-state index in [0.29, 0.717) is 11.5 Å². The van der Waals surface area contributed by atoms with Crippen molar-refractivity contribution in [2.24, 2.45) is 23.2 Å². The Morgan fingerprint density at radius 3 is 2.33 bits per heavy atom. The van der Waals surface area contributed by atoms with Crippen molar-refractivity contribution < 1.29 is 0 Å². The number of nitrogens with one attached hydrogen (secondary N) is 1. The van der Waals surface area contributed by atoms with Gasteiger partial charge in [0, 0.05) is 18.6 Å². The molecule has 1 aromatic heterocycles. The third-order valence-corrected chi connectivity index (χ3v) is 6.19. The summed E-state index contributed by atoms with van der Waals surface area (Å²) >= 11 is 0. The van der Waals surface area contributed by atoms with Crippen molar-refractivity contribution in [3.05, 3.63) is 24.3 Å². The predicted molar refractivity (Wildman–Crippen MR) is 83.7 cm³/mol. The minimum absolute atomic E-state index is 0.389. The molecule has 4 aliphatic carbocycles. The first kappa shape index (κ1) is 13.7. The van der Waals surface area contributed by atoms with Crippen LogP contribution in [0, 0.1) is 23.2 Å². The molecule has 114 valence electrons. The fourth-order valence-electron chi connectivity index (χ4n) is 5.99. The third-order valence-electron chi connectivity index (χ3n) is 6.19. The van der Waals surface area contributed by atoms with Gasteiger partial charge < -0.3 is 5.32 Å².